The van der Waals surface area contributed by atoms with E-state index in [9.17, 15) is 9.59 Å². The van der Waals surface area contributed by atoms with Crippen LogP contribution in [0.4, 0.5) is 10.8 Å². The molecule has 2 N–H and O–H groups in total. The maximum absolute atomic E-state index is 12.8. The third kappa shape index (κ3) is 3.27. The van der Waals surface area contributed by atoms with Crippen molar-refractivity contribution in [3.05, 3.63) is 65.2 Å². The SMILES string of the molecule is Cc1[nH]c2ccccc2c1-c1csc(NC(=O)c2cccc(N3CCCC3=O)c2)n1. The maximum atomic E-state index is 12.8. The molecule has 0 radical (unpaired) electrons. The molecule has 0 atom stereocenters. The Balaban J connectivity index is 1.38. The number of anilines is 2. The number of amides is 2. The van der Waals surface area contributed by atoms with E-state index in [0.717, 1.165) is 40.0 Å². The Morgan fingerprint density at radius 3 is 2.90 bits per heavy atom. The van der Waals surface area contributed by atoms with Crippen LogP contribution in [0.5, 0.6) is 0 Å². The summed E-state index contributed by atoms with van der Waals surface area (Å²) in [7, 11) is 0. The molecule has 7 heteroatoms. The van der Waals surface area contributed by atoms with Crippen molar-refractivity contribution in [3.63, 3.8) is 0 Å². The molecule has 1 aliphatic heterocycles. The van der Waals surface area contributed by atoms with E-state index < -0.39 is 0 Å². The van der Waals surface area contributed by atoms with Crippen LogP contribution in [0.2, 0.25) is 0 Å². The maximum Gasteiger partial charge on any atom is 0.257 e. The number of aryl methyl sites for hydroxylation is 1. The lowest BCUT2D eigenvalue weighted by molar-refractivity contribution is -0.117. The first-order valence-electron chi connectivity index (χ1n) is 9.85. The minimum absolute atomic E-state index is 0.103. The molecule has 0 aliphatic carbocycles. The fourth-order valence-electron chi connectivity index (χ4n) is 3.96. The Kier molecular flexibility index (Phi) is 4.59. The van der Waals surface area contributed by atoms with Crippen molar-refractivity contribution in [3.8, 4) is 11.3 Å². The normalized spacial score (nSPS) is 13.9. The average Bonchev–Trinajstić information content (AvgIpc) is 3.46. The molecular formula is C23H20N4O2S. The minimum Gasteiger partial charge on any atom is -0.358 e. The van der Waals surface area contributed by atoms with E-state index in [1.807, 2.05) is 36.6 Å². The predicted molar refractivity (Wildman–Crippen MR) is 120 cm³/mol. The largest absolute Gasteiger partial charge is 0.358 e. The van der Waals surface area contributed by atoms with Crippen LogP contribution in [0.3, 0.4) is 0 Å². The Bertz CT molecular complexity index is 1270. The van der Waals surface area contributed by atoms with Gasteiger partial charge < -0.3 is 9.88 Å². The Hall–Kier alpha value is -3.45. The monoisotopic (exact) mass is 416 g/mol. The molecule has 2 aromatic heterocycles. The van der Waals surface area contributed by atoms with Gasteiger partial charge in [0, 0.05) is 51.8 Å². The van der Waals surface area contributed by atoms with Gasteiger partial charge in [-0.15, -0.1) is 11.3 Å². The number of carbonyl (C=O) groups excluding carboxylic acids is 2. The molecule has 6 nitrogen and oxygen atoms in total. The van der Waals surface area contributed by atoms with Gasteiger partial charge in [0.05, 0.1) is 5.69 Å². The molecular weight excluding hydrogens is 396 g/mol. The van der Waals surface area contributed by atoms with Crippen molar-refractivity contribution in [2.45, 2.75) is 19.8 Å². The summed E-state index contributed by atoms with van der Waals surface area (Å²) in [5.41, 5.74) is 5.27. The molecule has 4 aromatic rings. The molecule has 5 rings (SSSR count). The molecule has 0 unspecified atom stereocenters. The van der Waals surface area contributed by atoms with Crippen LogP contribution >= 0.6 is 11.3 Å². The first-order valence-corrected chi connectivity index (χ1v) is 10.7. The highest BCUT2D eigenvalue weighted by atomic mass is 32.1. The van der Waals surface area contributed by atoms with E-state index >= 15 is 0 Å². The zero-order valence-electron chi connectivity index (χ0n) is 16.4. The summed E-state index contributed by atoms with van der Waals surface area (Å²) in [4.78, 5) is 34.5. The number of rotatable bonds is 4. The number of H-pyrrole nitrogens is 1. The molecule has 150 valence electrons. The fraction of sp³-hybridized carbons (Fsp3) is 0.174. The average molecular weight is 417 g/mol. The second-order valence-corrected chi connectivity index (χ2v) is 8.22. The van der Waals surface area contributed by atoms with Gasteiger partial charge in [-0.1, -0.05) is 24.3 Å². The van der Waals surface area contributed by atoms with Gasteiger partial charge in [0.25, 0.3) is 5.91 Å². The van der Waals surface area contributed by atoms with Crippen LogP contribution in [0, 0.1) is 6.92 Å². The van der Waals surface area contributed by atoms with Crippen LogP contribution in [0.15, 0.2) is 53.9 Å². The van der Waals surface area contributed by atoms with E-state index in [-0.39, 0.29) is 11.8 Å². The van der Waals surface area contributed by atoms with Crippen molar-refractivity contribution in [1.29, 1.82) is 0 Å². The van der Waals surface area contributed by atoms with Crippen molar-refractivity contribution < 1.29 is 9.59 Å². The van der Waals surface area contributed by atoms with Crippen molar-refractivity contribution in [2.24, 2.45) is 0 Å². The third-order valence-corrected chi connectivity index (χ3v) is 6.13. The number of hydrogen-bond donors (Lipinski definition) is 2. The van der Waals surface area contributed by atoms with Crippen molar-refractivity contribution in [2.75, 3.05) is 16.8 Å². The van der Waals surface area contributed by atoms with Gasteiger partial charge in [-0.2, -0.15) is 0 Å². The van der Waals surface area contributed by atoms with Crippen LogP contribution < -0.4 is 10.2 Å². The molecule has 1 aliphatic rings. The minimum atomic E-state index is -0.236. The summed E-state index contributed by atoms with van der Waals surface area (Å²) in [6.07, 6.45) is 1.41. The lowest BCUT2D eigenvalue weighted by atomic mass is 10.1. The number of carbonyl (C=O) groups is 2. The van der Waals surface area contributed by atoms with Gasteiger partial charge in [-0.05, 0) is 37.6 Å². The Morgan fingerprint density at radius 1 is 1.20 bits per heavy atom. The smallest absolute Gasteiger partial charge is 0.257 e. The second kappa shape index (κ2) is 7.42. The molecule has 1 fully saturated rings. The Morgan fingerprint density at radius 2 is 2.07 bits per heavy atom. The predicted octanol–water partition coefficient (Wildman–Crippen LogP) is 4.98. The van der Waals surface area contributed by atoms with Crippen LogP contribution in [-0.4, -0.2) is 28.3 Å². The van der Waals surface area contributed by atoms with E-state index in [1.165, 1.54) is 11.3 Å². The molecule has 3 heterocycles. The van der Waals surface area contributed by atoms with Gasteiger partial charge in [-0.25, -0.2) is 4.98 Å². The Labute approximate surface area is 177 Å². The van der Waals surface area contributed by atoms with Crippen molar-refractivity contribution >= 4 is 44.9 Å². The highest BCUT2D eigenvalue weighted by Gasteiger charge is 2.22. The number of aromatic nitrogens is 2. The van der Waals surface area contributed by atoms with E-state index in [0.29, 0.717) is 23.7 Å². The van der Waals surface area contributed by atoms with Gasteiger partial charge in [-0.3, -0.25) is 14.9 Å². The summed E-state index contributed by atoms with van der Waals surface area (Å²) < 4.78 is 0. The summed E-state index contributed by atoms with van der Waals surface area (Å²) >= 11 is 1.40. The van der Waals surface area contributed by atoms with Gasteiger partial charge in [0.1, 0.15) is 0 Å². The molecule has 2 amide bonds. The lowest BCUT2D eigenvalue weighted by Gasteiger charge is -2.16. The lowest BCUT2D eigenvalue weighted by Crippen LogP contribution is -2.24. The summed E-state index contributed by atoms with van der Waals surface area (Å²) in [5, 5.41) is 6.50. The number of fused-ring (bicyclic) bond motifs is 1. The molecule has 30 heavy (non-hydrogen) atoms. The number of para-hydroxylation sites is 1. The second-order valence-electron chi connectivity index (χ2n) is 7.36. The van der Waals surface area contributed by atoms with Gasteiger partial charge in [0.15, 0.2) is 5.13 Å². The number of nitrogens with zero attached hydrogens (tertiary/aromatic N) is 2. The van der Waals surface area contributed by atoms with E-state index in [2.05, 4.69) is 21.4 Å². The van der Waals surface area contributed by atoms with Crippen LogP contribution in [0.25, 0.3) is 22.2 Å². The highest BCUT2D eigenvalue weighted by molar-refractivity contribution is 7.14. The quantitative estimate of drug-likeness (QED) is 0.493. The number of benzene rings is 2. The number of nitrogens with one attached hydrogen (secondary N) is 2. The van der Waals surface area contributed by atoms with E-state index in [1.54, 1.807) is 23.1 Å². The molecule has 1 saturated heterocycles. The molecule has 0 spiro atoms. The topological polar surface area (TPSA) is 78.1 Å². The first kappa shape index (κ1) is 18.6. The molecule has 0 bridgehead atoms. The number of thiazole rings is 1. The van der Waals surface area contributed by atoms with Gasteiger partial charge >= 0.3 is 0 Å². The molecule has 2 aromatic carbocycles. The number of aromatic amines is 1. The summed E-state index contributed by atoms with van der Waals surface area (Å²) in [5.74, 6) is -0.133. The fourth-order valence-corrected chi connectivity index (χ4v) is 4.65. The highest BCUT2D eigenvalue weighted by Crippen LogP contribution is 2.34. The standard InChI is InChI=1S/C23H20N4O2S/c1-14-21(17-8-2-3-9-18(17)24-14)19-13-30-23(25-19)26-22(29)15-6-4-7-16(12-15)27-11-5-10-20(27)28/h2-4,6-9,12-13,24H,5,10-11H2,1H3,(H,25,26,29). The van der Waals surface area contributed by atoms with Crippen molar-refractivity contribution in [1.82, 2.24) is 9.97 Å². The third-order valence-electron chi connectivity index (χ3n) is 5.37. The molecule has 0 saturated carbocycles. The summed E-state index contributed by atoms with van der Waals surface area (Å²) in [6.45, 7) is 2.72. The zero-order valence-corrected chi connectivity index (χ0v) is 17.3. The van der Waals surface area contributed by atoms with Crippen LogP contribution in [-0.2, 0) is 4.79 Å². The summed E-state index contributed by atoms with van der Waals surface area (Å²) in [6, 6.07) is 15.3. The first-order chi connectivity index (χ1) is 14.6. The van der Waals surface area contributed by atoms with Gasteiger partial charge in [0.2, 0.25) is 5.91 Å². The zero-order chi connectivity index (χ0) is 20.7. The number of hydrogen-bond acceptors (Lipinski definition) is 4. The van der Waals surface area contributed by atoms with Crippen LogP contribution in [0.1, 0.15) is 28.9 Å². The van der Waals surface area contributed by atoms with E-state index in [4.69, 9.17) is 0 Å².